The van der Waals surface area contributed by atoms with Crippen LogP contribution >= 0.6 is 0 Å². The number of carbonyl (C=O) groups excluding carboxylic acids is 1. The number of benzene rings is 2. The van der Waals surface area contributed by atoms with Crippen molar-refractivity contribution in [1.29, 1.82) is 0 Å². The number of unbranched alkanes of at least 4 members (excludes halogenated alkanes) is 3. The fourth-order valence-electron chi connectivity index (χ4n) is 3.81. The zero-order chi connectivity index (χ0) is 19.9. The van der Waals surface area contributed by atoms with Gasteiger partial charge in [0.25, 0.3) is 0 Å². The first-order valence-electron chi connectivity index (χ1n) is 9.93. The third-order valence-electron chi connectivity index (χ3n) is 5.20. The topological polar surface area (TPSA) is 66.8 Å². The van der Waals surface area contributed by atoms with Crippen molar-refractivity contribution in [3.8, 4) is 11.1 Å². The summed E-state index contributed by atoms with van der Waals surface area (Å²) >= 11 is 0. The maximum Gasteiger partial charge on any atom is 0.410 e. The number of carboxylic acid groups (broad SMARTS) is 1. The van der Waals surface area contributed by atoms with Gasteiger partial charge in [-0.1, -0.05) is 74.7 Å². The Morgan fingerprint density at radius 3 is 2.14 bits per heavy atom. The normalized spacial score (nSPS) is 12.3. The molecule has 5 nitrogen and oxygen atoms in total. The lowest BCUT2D eigenvalue weighted by molar-refractivity contribution is -0.138. The second kappa shape index (κ2) is 9.40. The van der Waals surface area contributed by atoms with E-state index in [-0.39, 0.29) is 19.1 Å². The van der Waals surface area contributed by atoms with Crippen LogP contribution in [0.3, 0.4) is 0 Å². The molecule has 1 N–H and O–H groups in total. The van der Waals surface area contributed by atoms with Gasteiger partial charge in [-0.05, 0) is 28.7 Å². The van der Waals surface area contributed by atoms with E-state index in [2.05, 4.69) is 31.2 Å². The van der Waals surface area contributed by atoms with E-state index in [9.17, 15) is 9.59 Å². The van der Waals surface area contributed by atoms with E-state index in [1.807, 2.05) is 24.3 Å². The minimum atomic E-state index is -1.02. The van der Waals surface area contributed by atoms with Crippen molar-refractivity contribution in [3.63, 3.8) is 0 Å². The molecular weight excluding hydrogens is 354 g/mol. The molecule has 28 heavy (non-hydrogen) atoms. The van der Waals surface area contributed by atoms with Crippen molar-refractivity contribution in [2.75, 3.05) is 19.7 Å². The van der Waals surface area contributed by atoms with Crippen LogP contribution in [0.2, 0.25) is 0 Å². The van der Waals surface area contributed by atoms with Crippen LogP contribution in [0.4, 0.5) is 4.79 Å². The van der Waals surface area contributed by atoms with Gasteiger partial charge in [0, 0.05) is 12.5 Å². The third kappa shape index (κ3) is 4.53. The van der Waals surface area contributed by atoms with E-state index in [4.69, 9.17) is 9.84 Å². The first kappa shape index (κ1) is 19.9. The molecule has 2 aromatic rings. The number of ether oxygens (including phenoxy) is 1. The number of nitrogens with zero attached hydrogens (tertiary/aromatic N) is 1. The highest BCUT2D eigenvalue weighted by molar-refractivity contribution is 5.79. The number of hydrogen-bond acceptors (Lipinski definition) is 3. The molecule has 1 aliphatic carbocycles. The number of fused-ring (bicyclic) bond motifs is 3. The average molecular weight is 381 g/mol. The molecule has 0 aromatic heterocycles. The van der Waals surface area contributed by atoms with Crippen molar-refractivity contribution in [3.05, 3.63) is 59.7 Å². The molecule has 0 heterocycles. The van der Waals surface area contributed by atoms with Crippen LogP contribution in [0.15, 0.2) is 48.5 Å². The summed E-state index contributed by atoms with van der Waals surface area (Å²) in [5.74, 6) is -1.05. The lowest BCUT2D eigenvalue weighted by Crippen LogP contribution is -2.37. The molecule has 3 rings (SSSR count). The van der Waals surface area contributed by atoms with Crippen LogP contribution in [0.25, 0.3) is 11.1 Å². The van der Waals surface area contributed by atoms with Crippen molar-refractivity contribution in [2.45, 2.75) is 38.5 Å². The lowest BCUT2D eigenvalue weighted by atomic mass is 9.98. The number of carboxylic acids is 1. The minimum Gasteiger partial charge on any atom is -0.480 e. The Balaban J connectivity index is 1.67. The largest absolute Gasteiger partial charge is 0.480 e. The van der Waals surface area contributed by atoms with Gasteiger partial charge < -0.3 is 9.84 Å². The molecule has 0 bridgehead atoms. The van der Waals surface area contributed by atoms with Gasteiger partial charge in [0.2, 0.25) is 0 Å². The van der Waals surface area contributed by atoms with Gasteiger partial charge in [-0.2, -0.15) is 0 Å². The monoisotopic (exact) mass is 381 g/mol. The Bertz CT molecular complexity index is 787. The molecule has 0 aliphatic heterocycles. The van der Waals surface area contributed by atoms with Gasteiger partial charge in [-0.3, -0.25) is 9.69 Å². The number of rotatable bonds is 9. The summed E-state index contributed by atoms with van der Waals surface area (Å²) < 4.78 is 5.58. The van der Waals surface area contributed by atoms with Crippen LogP contribution in [0.1, 0.15) is 49.7 Å². The SMILES string of the molecule is CCCCCCN(CC(=O)O)C(=O)OCC1c2ccccc2-c2ccccc21. The highest BCUT2D eigenvalue weighted by Crippen LogP contribution is 2.44. The molecule has 2 aromatic carbocycles. The summed E-state index contributed by atoms with van der Waals surface area (Å²) in [7, 11) is 0. The summed E-state index contributed by atoms with van der Waals surface area (Å²) in [5.41, 5.74) is 4.62. The number of aliphatic carboxylic acids is 1. The molecule has 0 fully saturated rings. The predicted octanol–water partition coefficient (Wildman–Crippen LogP) is 4.90. The number of amides is 1. The maximum absolute atomic E-state index is 12.6. The van der Waals surface area contributed by atoms with Gasteiger partial charge in [0.1, 0.15) is 13.2 Å². The Morgan fingerprint density at radius 2 is 1.57 bits per heavy atom. The molecule has 5 heteroatoms. The Morgan fingerprint density at radius 1 is 0.964 bits per heavy atom. The predicted molar refractivity (Wildman–Crippen MR) is 108 cm³/mol. The smallest absolute Gasteiger partial charge is 0.410 e. The Kier molecular flexibility index (Phi) is 6.69. The molecule has 0 saturated carbocycles. The minimum absolute atomic E-state index is 0.0249. The van der Waals surface area contributed by atoms with Gasteiger partial charge >= 0.3 is 12.1 Å². The van der Waals surface area contributed by atoms with Crippen molar-refractivity contribution >= 4 is 12.1 Å². The van der Waals surface area contributed by atoms with Crippen LogP contribution in [0, 0.1) is 0 Å². The molecule has 0 radical (unpaired) electrons. The van der Waals surface area contributed by atoms with E-state index >= 15 is 0 Å². The highest BCUT2D eigenvalue weighted by atomic mass is 16.6. The number of hydrogen-bond donors (Lipinski definition) is 1. The molecule has 148 valence electrons. The zero-order valence-electron chi connectivity index (χ0n) is 16.3. The molecule has 0 spiro atoms. The summed E-state index contributed by atoms with van der Waals surface area (Å²) in [6, 6.07) is 16.3. The fourth-order valence-corrected chi connectivity index (χ4v) is 3.81. The van der Waals surface area contributed by atoms with Gasteiger partial charge in [-0.15, -0.1) is 0 Å². The Labute approximate surface area is 165 Å². The first-order chi connectivity index (χ1) is 13.6. The number of carbonyl (C=O) groups is 2. The molecule has 0 unspecified atom stereocenters. The van der Waals surface area contributed by atoms with Gasteiger partial charge in [0.05, 0.1) is 0 Å². The quantitative estimate of drug-likeness (QED) is 0.627. The van der Waals surface area contributed by atoms with Crippen LogP contribution in [-0.2, 0) is 9.53 Å². The van der Waals surface area contributed by atoms with E-state index in [0.29, 0.717) is 6.54 Å². The van der Waals surface area contributed by atoms with Gasteiger partial charge in [-0.25, -0.2) is 4.79 Å². The molecule has 1 aliphatic rings. The van der Waals surface area contributed by atoms with Crippen LogP contribution in [0.5, 0.6) is 0 Å². The highest BCUT2D eigenvalue weighted by Gasteiger charge is 2.29. The van der Waals surface area contributed by atoms with Crippen molar-refractivity contribution < 1.29 is 19.4 Å². The van der Waals surface area contributed by atoms with E-state index in [1.165, 1.54) is 16.0 Å². The maximum atomic E-state index is 12.6. The lowest BCUT2D eigenvalue weighted by Gasteiger charge is -2.22. The van der Waals surface area contributed by atoms with E-state index in [1.54, 1.807) is 0 Å². The zero-order valence-corrected chi connectivity index (χ0v) is 16.3. The summed E-state index contributed by atoms with van der Waals surface area (Å²) in [5, 5.41) is 9.13. The van der Waals surface area contributed by atoms with E-state index in [0.717, 1.165) is 36.8 Å². The average Bonchev–Trinajstić information content (AvgIpc) is 3.02. The summed E-state index contributed by atoms with van der Waals surface area (Å²) in [6.45, 7) is 2.39. The second-order valence-electron chi connectivity index (χ2n) is 7.18. The molecule has 0 atom stereocenters. The summed E-state index contributed by atoms with van der Waals surface area (Å²) in [4.78, 5) is 25.0. The fraction of sp³-hybridized carbons (Fsp3) is 0.391. The standard InChI is InChI=1S/C23H27NO4/c1-2-3-4-9-14-24(15-22(25)26)23(27)28-16-21-19-12-7-5-10-17(19)18-11-6-8-13-20(18)21/h5-8,10-13,21H,2-4,9,14-16H2,1H3,(H,25,26). The second-order valence-corrected chi connectivity index (χ2v) is 7.18. The third-order valence-corrected chi connectivity index (χ3v) is 5.20. The van der Waals surface area contributed by atoms with Crippen molar-refractivity contribution in [1.82, 2.24) is 4.90 Å². The van der Waals surface area contributed by atoms with Crippen LogP contribution in [-0.4, -0.2) is 41.8 Å². The summed E-state index contributed by atoms with van der Waals surface area (Å²) in [6.07, 6.45) is 3.37. The van der Waals surface area contributed by atoms with Crippen LogP contribution < -0.4 is 0 Å². The molecular formula is C23H27NO4. The first-order valence-corrected chi connectivity index (χ1v) is 9.93. The Hall–Kier alpha value is -2.82. The molecule has 0 saturated heterocycles. The molecule has 1 amide bonds. The van der Waals surface area contributed by atoms with Gasteiger partial charge in [0.15, 0.2) is 0 Å². The van der Waals surface area contributed by atoms with Crippen molar-refractivity contribution in [2.24, 2.45) is 0 Å². The van der Waals surface area contributed by atoms with E-state index < -0.39 is 12.1 Å².